The predicted octanol–water partition coefficient (Wildman–Crippen LogP) is 4.35. The van der Waals surface area contributed by atoms with E-state index in [0.29, 0.717) is 27.9 Å². The molecular formula is C12H16Cl3N. The summed E-state index contributed by atoms with van der Waals surface area (Å²) in [7, 11) is 0. The first-order valence-electron chi connectivity index (χ1n) is 5.28. The lowest BCUT2D eigenvalue weighted by Crippen LogP contribution is -2.34. The fourth-order valence-electron chi connectivity index (χ4n) is 1.37. The molecular weight excluding hydrogens is 264 g/mol. The van der Waals surface area contributed by atoms with Gasteiger partial charge in [0.05, 0.1) is 10.0 Å². The Morgan fingerprint density at radius 2 is 1.88 bits per heavy atom. The molecule has 1 aromatic rings. The van der Waals surface area contributed by atoms with Crippen molar-refractivity contribution in [2.24, 2.45) is 5.92 Å². The quantitative estimate of drug-likeness (QED) is 0.791. The molecule has 1 N–H and O–H groups in total. The lowest BCUT2D eigenvalue weighted by molar-refractivity contribution is 0.430. The zero-order chi connectivity index (χ0) is 12.1. The summed E-state index contributed by atoms with van der Waals surface area (Å²) in [6.07, 6.45) is 0. The van der Waals surface area contributed by atoms with Crippen LogP contribution in [0.25, 0.3) is 0 Å². The van der Waals surface area contributed by atoms with Crippen molar-refractivity contribution in [3.8, 4) is 0 Å². The molecule has 0 aliphatic heterocycles. The summed E-state index contributed by atoms with van der Waals surface area (Å²) in [5.74, 6) is 1.12. The highest BCUT2D eigenvalue weighted by Crippen LogP contribution is 2.22. The molecule has 0 aromatic heterocycles. The third-order valence-electron chi connectivity index (χ3n) is 2.52. The Kier molecular flexibility index (Phi) is 5.91. The summed E-state index contributed by atoms with van der Waals surface area (Å²) < 4.78 is 0. The van der Waals surface area contributed by atoms with Gasteiger partial charge in [-0.3, -0.25) is 0 Å². The summed E-state index contributed by atoms with van der Waals surface area (Å²) >= 11 is 17.7. The number of alkyl halides is 1. The molecule has 1 unspecified atom stereocenters. The lowest BCUT2D eigenvalue weighted by Gasteiger charge is -2.19. The number of benzene rings is 1. The van der Waals surface area contributed by atoms with E-state index in [-0.39, 0.29) is 0 Å². The van der Waals surface area contributed by atoms with Gasteiger partial charge in [-0.05, 0) is 23.6 Å². The number of rotatable bonds is 5. The maximum atomic E-state index is 5.94. The minimum atomic E-state index is 0.316. The van der Waals surface area contributed by atoms with Crippen LogP contribution in [0.5, 0.6) is 0 Å². The first-order chi connectivity index (χ1) is 7.54. The number of hydrogen-bond donors (Lipinski definition) is 1. The van der Waals surface area contributed by atoms with Gasteiger partial charge in [0.2, 0.25) is 0 Å². The molecule has 1 nitrogen and oxygen atoms in total. The van der Waals surface area contributed by atoms with E-state index < -0.39 is 0 Å². The van der Waals surface area contributed by atoms with Gasteiger partial charge < -0.3 is 5.32 Å². The van der Waals surface area contributed by atoms with Gasteiger partial charge in [-0.25, -0.2) is 0 Å². The van der Waals surface area contributed by atoms with Crippen molar-refractivity contribution in [3.63, 3.8) is 0 Å². The number of hydrogen-bond acceptors (Lipinski definition) is 1. The SMILES string of the molecule is CC(C)C(CCl)NCc1ccc(Cl)c(Cl)c1. The summed E-state index contributed by atoms with van der Waals surface area (Å²) in [4.78, 5) is 0. The van der Waals surface area contributed by atoms with Crippen LogP contribution >= 0.6 is 34.8 Å². The third kappa shape index (κ3) is 4.14. The van der Waals surface area contributed by atoms with Crippen LogP contribution in [0.4, 0.5) is 0 Å². The van der Waals surface area contributed by atoms with Crippen molar-refractivity contribution >= 4 is 34.8 Å². The van der Waals surface area contributed by atoms with E-state index in [4.69, 9.17) is 34.8 Å². The monoisotopic (exact) mass is 279 g/mol. The highest BCUT2D eigenvalue weighted by atomic mass is 35.5. The Morgan fingerprint density at radius 3 is 2.38 bits per heavy atom. The van der Waals surface area contributed by atoms with Gasteiger partial charge in [-0.2, -0.15) is 0 Å². The molecule has 0 saturated carbocycles. The second-order valence-electron chi connectivity index (χ2n) is 4.13. The van der Waals surface area contributed by atoms with Gasteiger partial charge >= 0.3 is 0 Å². The van der Waals surface area contributed by atoms with Crippen molar-refractivity contribution in [1.29, 1.82) is 0 Å². The molecule has 0 fully saturated rings. The van der Waals surface area contributed by atoms with Crippen LogP contribution in [0.3, 0.4) is 0 Å². The van der Waals surface area contributed by atoms with Gasteiger partial charge in [-0.15, -0.1) is 11.6 Å². The minimum Gasteiger partial charge on any atom is -0.308 e. The first kappa shape index (κ1) is 14.1. The maximum absolute atomic E-state index is 5.94. The Morgan fingerprint density at radius 1 is 1.19 bits per heavy atom. The van der Waals surface area contributed by atoms with Crippen molar-refractivity contribution in [1.82, 2.24) is 5.32 Å². The van der Waals surface area contributed by atoms with E-state index in [2.05, 4.69) is 19.2 Å². The molecule has 0 aliphatic carbocycles. The van der Waals surface area contributed by atoms with Gasteiger partial charge in [-0.1, -0.05) is 43.1 Å². The molecule has 1 atom stereocenters. The summed E-state index contributed by atoms with van der Waals surface area (Å²) in [6, 6.07) is 5.97. The lowest BCUT2D eigenvalue weighted by atomic mass is 10.1. The average molecular weight is 281 g/mol. The van der Waals surface area contributed by atoms with E-state index in [1.807, 2.05) is 18.2 Å². The standard InChI is InChI=1S/C12H16Cl3N/c1-8(2)12(6-13)16-7-9-3-4-10(14)11(15)5-9/h3-5,8,12,16H,6-7H2,1-2H3. The maximum Gasteiger partial charge on any atom is 0.0595 e. The molecule has 0 amide bonds. The molecule has 0 heterocycles. The average Bonchev–Trinajstić information content (AvgIpc) is 2.23. The number of halogens is 3. The highest BCUT2D eigenvalue weighted by molar-refractivity contribution is 6.42. The van der Waals surface area contributed by atoms with Crippen molar-refractivity contribution < 1.29 is 0 Å². The van der Waals surface area contributed by atoms with Crippen LogP contribution in [-0.2, 0) is 6.54 Å². The second kappa shape index (κ2) is 6.70. The summed E-state index contributed by atoms with van der Waals surface area (Å²) in [5, 5.41) is 4.58. The van der Waals surface area contributed by atoms with Crippen molar-refractivity contribution in [3.05, 3.63) is 33.8 Å². The van der Waals surface area contributed by atoms with Crippen LogP contribution in [0.1, 0.15) is 19.4 Å². The van der Waals surface area contributed by atoms with Gasteiger partial charge in [0.25, 0.3) is 0 Å². The molecule has 1 aromatic carbocycles. The largest absolute Gasteiger partial charge is 0.308 e. The summed E-state index contributed by atoms with van der Waals surface area (Å²) in [5.41, 5.74) is 1.12. The normalized spacial score (nSPS) is 13.1. The van der Waals surface area contributed by atoms with Crippen LogP contribution in [0.2, 0.25) is 10.0 Å². The van der Waals surface area contributed by atoms with Crippen LogP contribution < -0.4 is 5.32 Å². The predicted molar refractivity (Wildman–Crippen MR) is 72.6 cm³/mol. The molecule has 16 heavy (non-hydrogen) atoms. The molecule has 0 aliphatic rings. The molecule has 1 rings (SSSR count). The van der Waals surface area contributed by atoms with Crippen LogP contribution in [0.15, 0.2) is 18.2 Å². The fraction of sp³-hybridized carbons (Fsp3) is 0.500. The topological polar surface area (TPSA) is 12.0 Å². The Hall–Kier alpha value is 0.0500. The Bertz CT molecular complexity index is 339. The van der Waals surface area contributed by atoms with E-state index >= 15 is 0 Å². The Balaban J connectivity index is 2.57. The Labute approximate surface area is 112 Å². The third-order valence-corrected chi connectivity index (χ3v) is 3.59. The molecule has 0 saturated heterocycles. The summed E-state index contributed by atoms with van der Waals surface area (Å²) in [6.45, 7) is 5.05. The smallest absolute Gasteiger partial charge is 0.0595 e. The molecule has 0 bridgehead atoms. The first-order valence-corrected chi connectivity index (χ1v) is 6.57. The molecule has 0 radical (unpaired) electrons. The van der Waals surface area contributed by atoms with Crippen molar-refractivity contribution in [2.75, 3.05) is 5.88 Å². The van der Waals surface area contributed by atoms with Crippen LogP contribution in [-0.4, -0.2) is 11.9 Å². The second-order valence-corrected chi connectivity index (χ2v) is 5.26. The zero-order valence-corrected chi connectivity index (χ0v) is 11.7. The molecule has 90 valence electrons. The molecule has 0 spiro atoms. The van der Waals surface area contributed by atoms with E-state index in [1.165, 1.54) is 0 Å². The van der Waals surface area contributed by atoms with E-state index in [1.54, 1.807) is 0 Å². The van der Waals surface area contributed by atoms with Gasteiger partial charge in [0.1, 0.15) is 0 Å². The number of nitrogens with one attached hydrogen (secondary N) is 1. The van der Waals surface area contributed by atoms with E-state index in [0.717, 1.165) is 12.1 Å². The van der Waals surface area contributed by atoms with Gasteiger partial charge in [0.15, 0.2) is 0 Å². The van der Waals surface area contributed by atoms with Gasteiger partial charge in [0, 0.05) is 18.5 Å². The molecule has 4 heteroatoms. The van der Waals surface area contributed by atoms with E-state index in [9.17, 15) is 0 Å². The zero-order valence-electron chi connectivity index (χ0n) is 9.43. The fourth-order valence-corrected chi connectivity index (χ4v) is 2.15. The minimum absolute atomic E-state index is 0.316. The van der Waals surface area contributed by atoms with Crippen LogP contribution in [0, 0.1) is 5.92 Å². The highest BCUT2D eigenvalue weighted by Gasteiger charge is 2.11. The van der Waals surface area contributed by atoms with Crippen molar-refractivity contribution in [2.45, 2.75) is 26.4 Å².